The normalized spacial score (nSPS) is 22.1. The molecule has 0 spiro atoms. The first-order chi connectivity index (χ1) is 16.9. The van der Waals surface area contributed by atoms with Gasteiger partial charge in [0.05, 0.1) is 21.7 Å². The fraction of sp³-hybridized carbons (Fsp3) is 0.333. The van der Waals surface area contributed by atoms with Crippen LogP contribution < -0.4 is 0 Å². The van der Waals surface area contributed by atoms with E-state index in [1.54, 1.807) is 6.92 Å². The summed E-state index contributed by atoms with van der Waals surface area (Å²) in [5.41, 5.74) is -3.16. The zero-order valence-corrected chi connectivity index (χ0v) is 20.2. The Balaban J connectivity index is 1.55. The number of carbonyl (C=O) groups is 3. The Kier molecular flexibility index (Phi) is 6.87. The largest absolute Gasteiger partial charge is 0.435 e. The van der Waals surface area contributed by atoms with Crippen molar-refractivity contribution in [3.8, 4) is 0 Å². The molecular weight excluding hydrogens is 527 g/mol. The highest BCUT2D eigenvalue weighted by molar-refractivity contribution is 6.34. The van der Waals surface area contributed by atoms with Crippen molar-refractivity contribution < 1.29 is 36.8 Å². The number of oxime groups is 1. The fourth-order valence-electron chi connectivity index (χ4n) is 4.30. The van der Waals surface area contributed by atoms with Gasteiger partial charge in [0.25, 0.3) is 5.60 Å². The Morgan fingerprint density at radius 3 is 2.47 bits per heavy atom. The number of rotatable bonds is 6. The van der Waals surface area contributed by atoms with Gasteiger partial charge < -0.3 is 4.84 Å². The molecule has 12 heteroatoms. The van der Waals surface area contributed by atoms with E-state index in [9.17, 15) is 31.9 Å². The van der Waals surface area contributed by atoms with Crippen molar-refractivity contribution in [3.63, 3.8) is 0 Å². The van der Waals surface area contributed by atoms with Gasteiger partial charge in [0, 0.05) is 42.5 Å². The number of likely N-dealkylation sites (tertiary alicyclic amines) is 1. The molecule has 0 bridgehead atoms. The first-order valence-electron chi connectivity index (χ1n) is 10.8. The molecule has 0 saturated carbocycles. The van der Waals surface area contributed by atoms with Crippen molar-refractivity contribution in [3.05, 3.63) is 69.0 Å². The molecule has 2 atom stereocenters. The highest BCUT2D eigenvalue weighted by Gasteiger charge is 2.62. The van der Waals surface area contributed by atoms with Crippen LogP contribution in [0.25, 0.3) is 0 Å². The Bertz CT molecular complexity index is 1300. The quantitative estimate of drug-likeness (QED) is 0.266. The van der Waals surface area contributed by atoms with Gasteiger partial charge >= 0.3 is 6.18 Å². The molecule has 2 heterocycles. The summed E-state index contributed by atoms with van der Waals surface area (Å²) >= 11 is 12.0. The van der Waals surface area contributed by atoms with Crippen LogP contribution in [0.15, 0.2) is 41.6 Å². The van der Waals surface area contributed by atoms with Gasteiger partial charge in [0.15, 0.2) is 5.78 Å². The third-order valence-corrected chi connectivity index (χ3v) is 6.86. The summed E-state index contributed by atoms with van der Waals surface area (Å²) in [6.07, 6.45) is -5.97. The molecule has 4 rings (SSSR count). The van der Waals surface area contributed by atoms with Crippen LogP contribution >= 0.6 is 23.2 Å². The van der Waals surface area contributed by atoms with Gasteiger partial charge in [0.2, 0.25) is 11.8 Å². The van der Waals surface area contributed by atoms with Gasteiger partial charge in [-0.3, -0.25) is 19.3 Å². The second-order valence-electron chi connectivity index (χ2n) is 8.46. The number of hydrogen-bond donors (Lipinski definition) is 0. The van der Waals surface area contributed by atoms with Crippen molar-refractivity contribution in [2.45, 2.75) is 38.0 Å². The van der Waals surface area contributed by atoms with Crippen molar-refractivity contribution in [1.82, 2.24) is 4.90 Å². The van der Waals surface area contributed by atoms with Crippen LogP contribution in [0.2, 0.25) is 10.0 Å². The maximum Gasteiger partial charge on any atom is 0.435 e. The molecule has 1 unspecified atom stereocenters. The molecule has 1 fully saturated rings. The summed E-state index contributed by atoms with van der Waals surface area (Å²) in [4.78, 5) is 42.9. The van der Waals surface area contributed by atoms with Gasteiger partial charge in [-0.2, -0.15) is 13.2 Å². The summed E-state index contributed by atoms with van der Waals surface area (Å²) in [7, 11) is 0. The van der Waals surface area contributed by atoms with Gasteiger partial charge in [-0.05, 0) is 31.2 Å². The van der Waals surface area contributed by atoms with Crippen LogP contribution in [-0.4, -0.2) is 40.9 Å². The molecular formula is C24H18Cl2F4N2O4. The molecule has 0 N–H and O–H groups in total. The molecule has 2 amide bonds. The second kappa shape index (κ2) is 9.48. The maximum atomic E-state index is 14.1. The highest BCUT2D eigenvalue weighted by atomic mass is 35.5. The zero-order valence-electron chi connectivity index (χ0n) is 18.7. The lowest BCUT2D eigenvalue weighted by Gasteiger charge is -2.29. The van der Waals surface area contributed by atoms with Crippen LogP contribution in [0.5, 0.6) is 0 Å². The number of ketones is 1. The van der Waals surface area contributed by atoms with Crippen molar-refractivity contribution in [2.24, 2.45) is 11.1 Å². The number of alkyl halides is 3. The number of carbonyl (C=O) groups excluding carboxylic acids is 3. The molecule has 2 aromatic rings. The van der Waals surface area contributed by atoms with Gasteiger partial charge in [-0.25, -0.2) is 4.39 Å². The van der Waals surface area contributed by atoms with E-state index < -0.39 is 52.2 Å². The zero-order chi connectivity index (χ0) is 26.4. The van der Waals surface area contributed by atoms with Gasteiger partial charge in [-0.1, -0.05) is 40.5 Å². The summed E-state index contributed by atoms with van der Waals surface area (Å²) in [6.45, 7) is 1.87. The Morgan fingerprint density at radius 2 is 1.89 bits per heavy atom. The second-order valence-corrected chi connectivity index (χ2v) is 9.27. The Morgan fingerprint density at radius 1 is 1.17 bits per heavy atom. The smallest absolute Gasteiger partial charge is 0.374 e. The van der Waals surface area contributed by atoms with E-state index in [-0.39, 0.29) is 47.2 Å². The number of imide groups is 1. The SMILES string of the molecule is CCN1C(=O)C[C@@H](CC(=O)c2ccc(C3=NOC(c4ccc(F)c(Cl)c4)(C(F)(F)F)C3)cc2Cl)C1=O. The number of halogens is 6. The number of hydrogen-bond acceptors (Lipinski definition) is 5. The molecule has 0 radical (unpaired) electrons. The van der Waals surface area contributed by atoms with Crippen molar-refractivity contribution >= 4 is 46.5 Å². The minimum Gasteiger partial charge on any atom is -0.374 e. The van der Waals surface area contributed by atoms with Crippen LogP contribution in [0.4, 0.5) is 17.6 Å². The predicted molar refractivity (Wildman–Crippen MR) is 122 cm³/mol. The van der Waals surface area contributed by atoms with Crippen molar-refractivity contribution in [2.75, 3.05) is 6.54 Å². The topological polar surface area (TPSA) is 76.0 Å². The standard InChI is InChI=1S/C24H18Cl2F4N2O4/c1-2-32-21(34)9-13(22(32)35)8-20(33)15-5-3-12(7-16(15)25)19-11-23(36-31-19,24(28,29)30)14-4-6-18(27)17(26)10-14/h3-7,10,13H,2,8-9,11H2,1H3/t13-,23?/m1/s1. The molecule has 36 heavy (non-hydrogen) atoms. The third kappa shape index (κ3) is 4.48. The van der Waals surface area contributed by atoms with Crippen LogP contribution in [-0.2, 0) is 20.0 Å². The molecule has 2 aromatic carbocycles. The van der Waals surface area contributed by atoms with Crippen molar-refractivity contribution in [1.29, 1.82) is 0 Å². The fourth-order valence-corrected chi connectivity index (χ4v) is 4.77. The lowest BCUT2D eigenvalue weighted by molar-refractivity contribution is -0.275. The van der Waals surface area contributed by atoms with Crippen LogP contribution in [0.1, 0.15) is 47.7 Å². The highest BCUT2D eigenvalue weighted by Crippen LogP contribution is 2.49. The molecule has 2 aliphatic heterocycles. The van der Waals surface area contributed by atoms with E-state index in [1.165, 1.54) is 18.2 Å². The average Bonchev–Trinajstić information content (AvgIpc) is 3.37. The monoisotopic (exact) mass is 544 g/mol. The Labute approximate surface area is 212 Å². The van der Waals surface area contributed by atoms with Gasteiger partial charge in [-0.15, -0.1) is 0 Å². The minimum atomic E-state index is -4.92. The van der Waals surface area contributed by atoms with Gasteiger partial charge in [0.1, 0.15) is 5.82 Å². The van der Waals surface area contributed by atoms with Crippen LogP contribution in [0.3, 0.4) is 0 Å². The number of benzene rings is 2. The average molecular weight is 545 g/mol. The molecule has 0 aliphatic carbocycles. The number of Topliss-reactive ketones (excluding diaryl/α,β-unsaturated/α-hetero) is 1. The molecule has 2 aliphatic rings. The number of nitrogens with zero attached hydrogens (tertiary/aromatic N) is 2. The van der Waals surface area contributed by atoms with E-state index >= 15 is 0 Å². The molecule has 6 nitrogen and oxygen atoms in total. The summed E-state index contributed by atoms with van der Waals surface area (Å²) in [5.74, 6) is -2.92. The van der Waals surface area contributed by atoms with E-state index in [0.717, 1.165) is 23.1 Å². The molecule has 190 valence electrons. The van der Waals surface area contributed by atoms with E-state index in [4.69, 9.17) is 28.0 Å². The molecule has 1 saturated heterocycles. The third-order valence-electron chi connectivity index (χ3n) is 6.26. The molecule has 0 aromatic heterocycles. The first-order valence-corrected chi connectivity index (χ1v) is 11.6. The summed E-state index contributed by atoms with van der Waals surface area (Å²) < 4.78 is 55.9. The van der Waals surface area contributed by atoms with E-state index in [1.807, 2.05) is 0 Å². The predicted octanol–water partition coefficient (Wildman–Crippen LogP) is 5.68. The first kappa shape index (κ1) is 26.1. The lowest BCUT2D eigenvalue weighted by Crippen LogP contribution is -2.42. The van der Waals surface area contributed by atoms with E-state index in [2.05, 4.69) is 5.16 Å². The summed E-state index contributed by atoms with van der Waals surface area (Å²) in [6, 6.07) is 6.55. The lowest BCUT2D eigenvalue weighted by atomic mass is 9.86. The van der Waals surface area contributed by atoms with Crippen LogP contribution in [0, 0.1) is 11.7 Å². The Hall–Kier alpha value is -2.98. The maximum absolute atomic E-state index is 14.1. The minimum absolute atomic E-state index is 0.0568. The van der Waals surface area contributed by atoms with E-state index in [0.29, 0.717) is 0 Å². The number of amides is 2. The summed E-state index contributed by atoms with van der Waals surface area (Å²) in [5, 5.41) is 3.06.